The molecule has 0 aliphatic heterocycles. The van der Waals surface area contributed by atoms with Crippen molar-refractivity contribution in [3.8, 4) is 0 Å². The lowest BCUT2D eigenvalue weighted by Crippen LogP contribution is -2.35. The average Bonchev–Trinajstić information content (AvgIpc) is 2.49. The Morgan fingerprint density at radius 1 is 1.10 bits per heavy atom. The van der Waals surface area contributed by atoms with Gasteiger partial charge in [0, 0.05) is 16.6 Å². The molecule has 1 atom stereocenters. The topological polar surface area (TPSA) is 20.3 Å². The van der Waals surface area contributed by atoms with Crippen LogP contribution in [-0.2, 0) is 6.54 Å². The largest absolute Gasteiger partial charge is 0.292 e. The van der Waals surface area contributed by atoms with Gasteiger partial charge in [0.2, 0.25) is 0 Å². The van der Waals surface area contributed by atoms with Gasteiger partial charge in [-0.15, -0.1) is 0 Å². The maximum atomic E-state index is 12.4. The number of rotatable bonds is 5. The van der Waals surface area contributed by atoms with Gasteiger partial charge in [-0.1, -0.05) is 58.4 Å². The third-order valence-electron chi connectivity index (χ3n) is 3.44. The minimum atomic E-state index is -0.138. The summed E-state index contributed by atoms with van der Waals surface area (Å²) in [6.07, 6.45) is 0. The minimum Gasteiger partial charge on any atom is -0.292 e. The van der Waals surface area contributed by atoms with Crippen molar-refractivity contribution in [2.75, 3.05) is 7.05 Å². The highest BCUT2D eigenvalue weighted by Gasteiger charge is 2.19. The van der Waals surface area contributed by atoms with E-state index in [1.807, 2.05) is 56.4 Å². The molecule has 0 saturated carbocycles. The van der Waals surface area contributed by atoms with Crippen molar-refractivity contribution in [1.82, 2.24) is 4.90 Å². The van der Waals surface area contributed by atoms with Crippen LogP contribution >= 0.6 is 15.9 Å². The second-order valence-corrected chi connectivity index (χ2v) is 5.86. The Morgan fingerprint density at radius 3 is 2.30 bits per heavy atom. The van der Waals surface area contributed by atoms with Gasteiger partial charge in [-0.2, -0.15) is 0 Å². The van der Waals surface area contributed by atoms with Crippen molar-refractivity contribution in [2.45, 2.75) is 19.5 Å². The molecule has 0 fully saturated rings. The molecule has 2 rings (SSSR count). The molecule has 0 aliphatic carbocycles. The van der Waals surface area contributed by atoms with Crippen LogP contribution in [0, 0.1) is 0 Å². The zero-order valence-corrected chi connectivity index (χ0v) is 13.3. The van der Waals surface area contributed by atoms with Crippen molar-refractivity contribution in [2.24, 2.45) is 0 Å². The summed E-state index contributed by atoms with van der Waals surface area (Å²) in [5.74, 6) is 0.158. The molecule has 20 heavy (non-hydrogen) atoms. The van der Waals surface area contributed by atoms with Crippen LogP contribution in [0.4, 0.5) is 0 Å². The van der Waals surface area contributed by atoms with E-state index in [4.69, 9.17) is 0 Å². The van der Waals surface area contributed by atoms with Crippen LogP contribution in [0.3, 0.4) is 0 Å². The van der Waals surface area contributed by atoms with Crippen molar-refractivity contribution in [3.05, 3.63) is 70.2 Å². The highest BCUT2D eigenvalue weighted by Crippen LogP contribution is 2.14. The van der Waals surface area contributed by atoms with Crippen molar-refractivity contribution in [3.63, 3.8) is 0 Å². The number of hydrogen-bond acceptors (Lipinski definition) is 2. The van der Waals surface area contributed by atoms with Gasteiger partial charge in [0.15, 0.2) is 5.78 Å². The maximum absolute atomic E-state index is 12.4. The van der Waals surface area contributed by atoms with E-state index in [2.05, 4.69) is 33.0 Å². The Bertz CT molecular complexity index is 565. The predicted molar refractivity (Wildman–Crippen MR) is 85.8 cm³/mol. The molecule has 1 unspecified atom stereocenters. The van der Waals surface area contributed by atoms with Gasteiger partial charge >= 0.3 is 0 Å². The van der Waals surface area contributed by atoms with Gasteiger partial charge in [0.25, 0.3) is 0 Å². The van der Waals surface area contributed by atoms with E-state index in [1.165, 1.54) is 5.56 Å². The maximum Gasteiger partial charge on any atom is 0.179 e. The van der Waals surface area contributed by atoms with Gasteiger partial charge in [-0.25, -0.2) is 0 Å². The first kappa shape index (κ1) is 14.9. The number of benzene rings is 2. The molecule has 0 radical (unpaired) electrons. The molecular formula is C17H18BrNO. The first-order valence-electron chi connectivity index (χ1n) is 6.62. The number of ketones is 1. The number of hydrogen-bond donors (Lipinski definition) is 0. The first-order chi connectivity index (χ1) is 9.58. The molecule has 0 aliphatic rings. The fraction of sp³-hybridized carbons (Fsp3) is 0.235. The standard InChI is InChI=1S/C17H18BrNO/c1-13(17(20)15-6-4-3-5-7-15)19(2)12-14-8-10-16(18)11-9-14/h3-11,13H,12H2,1-2H3. The van der Waals surface area contributed by atoms with Gasteiger partial charge < -0.3 is 0 Å². The zero-order chi connectivity index (χ0) is 14.5. The summed E-state index contributed by atoms with van der Waals surface area (Å²) in [7, 11) is 1.98. The third kappa shape index (κ3) is 3.78. The SMILES string of the molecule is CC(C(=O)c1ccccc1)N(C)Cc1ccc(Br)cc1. The number of nitrogens with zero attached hydrogens (tertiary/aromatic N) is 1. The first-order valence-corrected chi connectivity index (χ1v) is 7.41. The highest BCUT2D eigenvalue weighted by atomic mass is 79.9. The summed E-state index contributed by atoms with van der Waals surface area (Å²) >= 11 is 3.43. The lowest BCUT2D eigenvalue weighted by Gasteiger charge is -2.23. The number of carbonyl (C=O) groups is 1. The van der Waals surface area contributed by atoms with Crippen LogP contribution in [0.2, 0.25) is 0 Å². The van der Waals surface area contributed by atoms with Crippen LogP contribution in [0.15, 0.2) is 59.1 Å². The van der Waals surface area contributed by atoms with Crippen LogP contribution in [0.1, 0.15) is 22.8 Å². The molecule has 0 heterocycles. The molecule has 0 bridgehead atoms. The lowest BCUT2D eigenvalue weighted by atomic mass is 10.0. The quantitative estimate of drug-likeness (QED) is 0.767. The lowest BCUT2D eigenvalue weighted by molar-refractivity contribution is 0.0862. The van der Waals surface area contributed by atoms with E-state index in [-0.39, 0.29) is 11.8 Å². The smallest absolute Gasteiger partial charge is 0.179 e. The summed E-state index contributed by atoms with van der Waals surface area (Å²) in [5, 5.41) is 0. The summed E-state index contributed by atoms with van der Waals surface area (Å²) < 4.78 is 1.07. The summed E-state index contributed by atoms with van der Waals surface area (Å²) in [4.78, 5) is 14.4. The summed E-state index contributed by atoms with van der Waals surface area (Å²) in [5.41, 5.74) is 1.96. The Hall–Kier alpha value is -1.45. The van der Waals surface area contributed by atoms with Crippen molar-refractivity contribution in [1.29, 1.82) is 0 Å². The fourth-order valence-corrected chi connectivity index (χ4v) is 2.32. The minimum absolute atomic E-state index is 0.138. The Labute approximate surface area is 128 Å². The normalized spacial score (nSPS) is 12.4. The van der Waals surface area contributed by atoms with Crippen LogP contribution in [0.25, 0.3) is 0 Å². The average molecular weight is 332 g/mol. The molecule has 0 N–H and O–H groups in total. The van der Waals surface area contributed by atoms with Crippen LogP contribution in [0.5, 0.6) is 0 Å². The summed E-state index contributed by atoms with van der Waals surface area (Å²) in [6.45, 7) is 2.71. The Kier molecular flexibility index (Phi) is 5.10. The molecule has 2 nitrogen and oxygen atoms in total. The predicted octanol–water partition coefficient (Wildman–Crippen LogP) is 4.15. The van der Waals surface area contributed by atoms with E-state index >= 15 is 0 Å². The zero-order valence-electron chi connectivity index (χ0n) is 11.7. The van der Waals surface area contributed by atoms with Crippen LogP contribution < -0.4 is 0 Å². The number of likely N-dealkylation sites (N-methyl/N-ethyl adjacent to an activating group) is 1. The molecule has 0 amide bonds. The second kappa shape index (κ2) is 6.82. The molecule has 104 valence electrons. The number of carbonyl (C=O) groups excluding carboxylic acids is 1. The number of Topliss-reactive ketones (excluding diaryl/α,β-unsaturated/α-hetero) is 1. The number of halogens is 1. The van der Waals surface area contributed by atoms with Gasteiger partial charge in [-0.3, -0.25) is 9.69 Å². The molecule has 3 heteroatoms. The van der Waals surface area contributed by atoms with Crippen molar-refractivity contribution >= 4 is 21.7 Å². The molecular weight excluding hydrogens is 314 g/mol. The van der Waals surface area contributed by atoms with Crippen LogP contribution in [-0.4, -0.2) is 23.8 Å². The van der Waals surface area contributed by atoms with E-state index in [0.29, 0.717) is 0 Å². The van der Waals surface area contributed by atoms with Gasteiger partial charge in [0.05, 0.1) is 6.04 Å². The molecule has 0 saturated heterocycles. The molecule has 2 aromatic carbocycles. The molecule has 2 aromatic rings. The molecule has 0 aromatic heterocycles. The Balaban J connectivity index is 2.03. The second-order valence-electron chi connectivity index (χ2n) is 4.95. The molecule has 0 spiro atoms. The summed E-state index contributed by atoms with van der Waals surface area (Å²) in [6, 6.07) is 17.5. The fourth-order valence-electron chi connectivity index (χ4n) is 2.06. The van der Waals surface area contributed by atoms with E-state index in [9.17, 15) is 4.79 Å². The highest BCUT2D eigenvalue weighted by molar-refractivity contribution is 9.10. The van der Waals surface area contributed by atoms with Crippen molar-refractivity contribution < 1.29 is 4.79 Å². The van der Waals surface area contributed by atoms with Gasteiger partial charge in [-0.05, 0) is 31.7 Å². The third-order valence-corrected chi connectivity index (χ3v) is 3.97. The Morgan fingerprint density at radius 2 is 1.70 bits per heavy atom. The van der Waals surface area contributed by atoms with Gasteiger partial charge in [0.1, 0.15) is 0 Å². The van der Waals surface area contributed by atoms with E-state index in [1.54, 1.807) is 0 Å². The van der Waals surface area contributed by atoms with E-state index < -0.39 is 0 Å². The van der Waals surface area contributed by atoms with E-state index in [0.717, 1.165) is 16.6 Å². The monoisotopic (exact) mass is 331 g/mol.